The Kier molecular flexibility index (Phi) is 7.41. The summed E-state index contributed by atoms with van der Waals surface area (Å²) in [4.78, 5) is 14.8. The fraction of sp³-hybridized carbons (Fsp3) is 0.240. The van der Waals surface area contributed by atoms with Gasteiger partial charge in [0.15, 0.2) is 11.5 Å². The number of rotatable bonds is 8. The number of anilines is 1. The van der Waals surface area contributed by atoms with Crippen molar-refractivity contribution in [2.24, 2.45) is 0 Å². The predicted octanol–water partition coefficient (Wildman–Crippen LogP) is 5.54. The average molecular weight is 443 g/mol. The van der Waals surface area contributed by atoms with Crippen LogP contribution in [0.5, 0.6) is 11.5 Å². The Bertz CT molecular complexity index is 1030. The minimum absolute atomic E-state index is 0.129. The Morgan fingerprint density at radius 1 is 0.844 bits per heavy atom. The highest BCUT2D eigenvalue weighted by molar-refractivity contribution is 5.95. The van der Waals surface area contributed by atoms with Gasteiger partial charge in [0.05, 0.1) is 26.2 Å². The third-order valence-electron chi connectivity index (χ3n) is 5.08. The zero-order chi connectivity index (χ0) is 23.1. The first-order valence-electron chi connectivity index (χ1n) is 10.0. The van der Waals surface area contributed by atoms with Crippen LogP contribution in [0.4, 0.5) is 18.9 Å². The molecule has 0 N–H and O–H groups in total. The average Bonchev–Trinajstić information content (AvgIpc) is 2.79. The van der Waals surface area contributed by atoms with Crippen LogP contribution in [0.15, 0.2) is 72.8 Å². The maximum absolute atomic E-state index is 13.2. The Morgan fingerprint density at radius 2 is 1.50 bits per heavy atom. The first-order chi connectivity index (χ1) is 15.3. The van der Waals surface area contributed by atoms with E-state index in [1.165, 1.54) is 26.4 Å². The Morgan fingerprint density at radius 3 is 2.09 bits per heavy atom. The molecule has 0 aliphatic rings. The largest absolute Gasteiger partial charge is 0.493 e. The third-order valence-corrected chi connectivity index (χ3v) is 5.08. The monoisotopic (exact) mass is 443 g/mol. The molecule has 0 heterocycles. The predicted molar refractivity (Wildman–Crippen MR) is 117 cm³/mol. The molecule has 0 bridgehead atoms. The highest BCUT2D eigenvalue weighted by atomic mass is 19.4. The van der Waals surface area contributed by atoms with Crippen molar-refractivity contribution in [2.75, 3.05) is 25.7 Å². The maximum atomic E-state index is 13.2. The lowest BCUT2D eigenvalue weighted by Gasteiger charge is -2.24. The number of halogens is 3. The van der Waals surface area contributed by atoms with Crippen molar-refractivity contribution in [3.8, 4) is 11.5 Å². The summed E-state index contributed by atoms with van der Waals surface area (Å²) in [6, 6.07) is 19.6. The summed E-state index contributed by atoms with van der Waals surface area (Å²) in [6.45, 7) is 0.298. The lowest BCUT2D eigenvalue weighted by molar-refractivity contribution is -0.137. The fourth-order valence-electron chi connectivity index (χ4n) is 3.36. The van der Waals surface area contributed by atoms with Crippen LogP contribution in [0.1, 0.15) is 16.7 Å². The standard InChI is InChI=1S/C25H24F3NO3/c1-31-22-13-12-21(17-23(22)32-2)29(24(30)16-19-6-4-3-5-7-19)15-14-18-8-10-20(11-9-18)25(26,27)28/h3-13,17H,14-16H2,1-2H3. The van der Waals surface area contributed by atoms with E-state index in [1.807, 2.05) is 30.3 Å². The Labute approximate surface area is 185 Å². The van der Waals surface area contributed by atoms with E-state index in [0.717, 1.165) is 17.7 Å². The molecule has 0 aromatic heterocycles. The van der Waals surface area contributed by atoms with E-state index >= 15 is 0 Å². The van der Waals surface area contributed by atoms with Crippen LogP contribution in [-0.4, -0.2) is 26.7 Å². The second-order valence-corrected chi connectivity index (χ2v) is 7.19. The zero-order valence-electron chi connectivity index (χ0n) is 17.9. The number of methoxy groups -OCH3 is 2. The van der Waals surface area contributed by atoms with E-state index in [4.69, 9.17) is 9.47 Å². The van der Waals surface area contributed by atoms with Gasteiger partial charge in [-0.1, -0.05) is 42.5 Å². The van der Waals surface area contributed by atoms with Crippen molar-refractivity contribution in [2.45, 2.75) is 19.0 Å². The van der Waals surface area contributed by atoms with Crippen molar-refractivity contribution >= 4 is 11.6 Å². The lowest BCUT2D eigenvalue weighted by Crippen LogP contribution is -2.34. The molecule has 4 nitrogen and oxygen atoms in total. The van der Waals surface area contributed by atoms with Crippen molar-refractivity contribution < 1.29 is 27.4 Å². The highest BCUT2D eigenvalue weighted by Crippen LogP contribution is 2.32. The topological polar surface area (TPSA) is 38.8 Å². The molecule has 0 saturated heterocycles. The van der Waals surface area contributed by atoms with Gasteiger partial charge in [-0.2, -0.15) is 13.2 Å². The number of hydrogen-bond acceptors (Lipinski definition) is 3. The molecular formula is C25H24F3NO3. The van der Waals surface area contributed by atoms with Crippen molar-refractivity contribution in [1.29, 1.82) is 0 Å². The van der Waals surface area contributed by atoms with Crippen LogP contribution in [0.25, 0.3) is 0 Å². The van der Waals surface area contributed by atoms with E-state index < -0.39 is 11.7 Å². The molecule has 0 spiro atoms. The van der Waals surface area contributed by atoms with Gasteiger partial charge in [-0.3, -0.25) is 4.79 Å². The van der Waals surface area contributed by atoms with E-state index in [-0.39, 0.29) is 12.3 Å². The van der Waals surface area contributed by atoms with Gasteiger partial charge in [0.2, 0.25) is 5.91 Å². The van der Waals surface area contributed by atoms with Crippen LogP contribution in [-0.2, 0) is 23.8 Å². The number of alkyl halides is 3. The molecule has 32 heavy (non-hydrogen) atoms. The number of ether oxygens (including phenoxy) is 2. The highest BCUT2D eigenvalue weighted by Gasteiger charge is 2.30. The molecule has 0 radical (unpaired) electrons. The molecule has 3 rings (SSSR count). The van der Waals surface area contributed by atoms with Gasteiger partial charge in [-0.15, -0.1) is 0 Å². The minimum Gasteiger partial charge on any atom is -0.493 e. The lowest BCUT2D eigenvalue weighted by atomic mass is 10.1. The van der Waals surface area contributed by atoms with Gasteiger partial charge in [-0.05, 0) is 41.8 Å². The van der Waals surface area contributed by atoms with Crippen LogP contribution < -0.4 is 14.4 Å². The summed E-state index contributed by atoms with van der Waals surface area (Å²) in [7, 11) is 3.04. The van der Waals surface area contributed by atoms with Gasteiger partial charge in [0.1, 0.15) is 0 Å². The molecule has 3 aromatic rings. The van der Waals surface area contributed by atoms with Gasteiger partial charge in [0.25, 0.3) is 0 Å². The molecule has 1 amide bonds. The molecule has 0 atom stereocenters. The molecule has 7 heteroatoms. The molecule has 0 fully saturated rings. The molecule has 0 aliphatic heterocycles. The number of nitrogens with zero attached hydrogens (tertiary/aromatic N) is 1. The fourth-order valence-corrected chi connectivity index (χ4v) is 3.36. The van der Waals surface area contributed by atoms with E-state index in [9.17, 15) is 18.0 Å². The van der Waals surface area contributed by atoms with Crippen molar-refractivity contribution in [3.63, 3.8) is 0 Å². The molecular weight excluding hydrogens is 419 g/mol. The minimum atomic E-state index is -4.38. The Hall–Kier alpha value is -3.48. The molecule has 168 valence electrons. The molecule has 0 unspecified atom stereocenters. The summed E-state index contributed by atoms with van der Waals surface area (Å²) in [5, 5.41) is 0. The maximum Gasteiger partial charge on any atom is 0.416 e. The van der Waals surface area contributed by atoms with Crippen LogP contribution in [0.3, 0.4) is 0 Å². The first-order valence-corrected chi connectivity index (χ1v) is 10.0. The third kappa shape index (κ3) is 5.81. The second kappa shape index (κ2) is 10.2. The second-order valence-electron chi connectivity index (χ2n) is 7.19. The summed E-state index contributed by atoms with van der Waals surface area (Å²) in [5.74, 6) is 0.891. The van der Waals surface area contributed by atoms with Crippen LogP contribution >= 0.6 is 0 Å². The molecule has 3 aromatic carbocycles. The number of hydrogen-bond donors (Lipinski definition) is 0. The smallest absolute Gasteiger partial charge is 0.416 e. The van der Waals surface area contributed by atoms with Crippen LogP contribution in [0, 0.1) is 0 Å². The van der Waals surface area contributed by atoms with Gasteiger partial charge in [0, 0.05) is 18.3 Å². The summed E-state index contributed by atoms with van der Waals surface area (Å²) in [6.07, 6.45) is -3.79. The summed E-state index contributed by atoms with van der Waals surface area (Å²) in [5.41, 5.74) is 1.50. The van der Waals surface area contributed by atoms with E-state index in [1.54, 1.807) is 23.1 Å². The van der Waals surface area contributed by atoms with Crippen molar-refractivity contribution in [3.05, 3.63) is 89.5 Å². The summed E-state index contributed by atoms with van der Waals surface area (Å²) >= 11 is 0. The van der Waals surface area contributed by atoms with E-state index in [2.05, 4.69) is 0 Å². The number of carbonyl (C=O) groups is 1. The zero-order valence-corrected chi connectivity index (χ0v) is 17.9. The SMILES string of the molecule is COc1ccc(N(CCc2ccc(C(F)(F)F)cc2)C(=O)Cc2ccccc2)cc1OC. The van der Waals surface area contributed by atoms with Crippen LogP contribution in [0.2, 0.25) is 0 Å². The number of amides is 1. The quantitative estimate of drug-likeness (QED) is 0.459. The summed E-state index contributed by atoms with van der Waals surface area (Å²) < 4.78 is 49.1. The number of carbonyl (C=O) groups excluding carboxylic acids is 1. The van der Waals surface area contributed by atoms with Gasteiger partial charge >= 0.3 is 6.18 Å². The van der Waals surface area contributed by atoms with Crippen molar-refractivity contribution in [1.82, 2.24) is 0 Å². The van der Waals surface area contributed by atoms with Gasteiger partial charge in [-0.25, -0.2) is 0 Å². The van der Waals surface area contributed by atoms with Gasteiger partial charge < -0.3 is 14.4 Å². The Balaban J connectivity index is 1.84. The molecule has 0 saturated carbocycles. The first kappa shape index (κ1) is 23.2. The molecule has 0 aliphatic carbocycles. The normalized spacial score (nSPS) is 11.2. The van der Waals surface area contributed by atoms with E-state index in [0.29, 0.717) is 35.7 Å². The number of benzene rings is 3.